The van der Waals surface area contributed by atoms with E-state index in [4.69, 9.17) is 11.6 Å². The van der Waals surface area contributed by atoms with Crippen molar-refractivity contribution < 1.29 is 5.11 Å². The first-order valence-electron chi connectivity index (χ1n) is 5.70. The predicted octanol–water partition coefficient (Wildman–Crippen LogP) is 2.46. The number of aliphatic hydroxyl groups excluding tert-OH is 1. The van der Waals surface area contributed by atoms with E-state index in [1.54, 1.807) is 6.20 Å². The van der Waals surface area contributed by atoms with Gasteiger partial charge in [-0.2, -0.15) is 0 Å². The maximum absolute atomic E-state index is 9.55. The minimum absolute atomic E-state index is 0.210. The second kappa shape index (κ2) is 4.17. The molecule has 1 unspecified atom stereocenters. The monoisotopic (exact) mass is 248 g/mol. The van der Waals surface area contributed by atoms with Crippen molar-refractivity contribution in [3.63, 3.8) is 0 Å². The highest BCUT2D eigenvalue weighted by Gasteiger charge is 2.20. The summed E-state index contributed by atoms with van der Waals surface area (Å²) >= 11 is 6.13. The first-order valence-corrected chi connectivity index (χ1v) is 6.08. The Hall–Kier alpha value is -1.32. The van der Waals surface area contributed by atoms with Gasteiger partial charge in [0.15, 0.2) is 0 Å². The number of hydrogen-bond donors (Lipinski definition) is 1. The highest BCUT2D eigenvalue weighted by atomic mass is 35.5. The molecule has 1 atom stereocenters. The van der Waals surface area contributed by atoms with Crippen LogP contribution in [0.15, 0.2) is 30.6 Å². The van der Waals surface area contributed by atoms with Crippen LogP contribution in [0.5, 0.6) is 0 Å². The Balaban J connectivity index is 2.04. The minimum atomic E-state index is -0.210. The normalized spacial score (nSPS) is 20.1. The SMILES string of the molecule is OC1CCN(c2ccc3cncc(Cl)c3c2)C1. The van der Waals surface area contributed by atoms with Gasteiger partial charge in [0.05, 0.1) is 11.1 Å². The number of benzene rings is 1. The third-order valence-electron chi connectivity index (χ3n) is 3.22. The molecule has 2 aromatic rings. The van der Waals surface area contributed by atoms with E-state index in [2.05, 4.69) is 22.0 Å². The summed E-state index contributed by atoms with van der Waals surface area (Å²) in [6, 6.07) is 6.14. The van der Waals surface area contributed by atoms with Gasteiger partial charge in [-0.1, -0.05) is 17.7 Å². The van der Waals surface area contributed by atoms with Gasteiger partial charge in [0, 0.05) is 41.9 Å². The van der Waals surface area contributed by atoms with Crippen molar-refractivity contribution in [3.8, 4) is 0 Å². The Morgan fingerprint density at radius 1 is 1.35 bits per heavy atom. The molecule has 1 aromatic carbocycles. The van der Waals surface area contributed by atoms with Crippen molar-refractivity contribution in [1.82, 2.24) is 4.98 Å². The lowest BCUT2D eigenvalue weighted by molar-refractivity contribution is 0.198. The Morgan fingerprint density at radius 3 is 3.00 bits per heavy atom. The standard InChI is InChI=1S/C13H13ClN2O/c14-13-7-15-6-9-1-2-10(5-12(9)13)16-4-3-11(17)8-16/h1-2,5-7,11,17H,3-4,8H2. The maximum atomic E-state index is 9.55. The van der Waals surface area contributed by atoms with Crippen molar-refractivity contribution >= 4 is 28.1 Å². The quantitative estimate of drug-likeness (QED) is 0.842. The first-order chi connectivity index (χ1) is 8.24. The average molecular weight is 249 g/mol. The summed E-state index contributed by atoms with van der Waals surface area (Å²) in [6.07, 6.45) is 4.09. The van der Waals surface area contributed by atoms with Crippen LogP contribution in [0, 0.1) is 0 Å². The van der Waals surface area contributed by atoms with Gasteiger partial charge in [0.1, 0.15) is 0 Å². The summed E-state index contributed by atoms with van der Waals surface area (Å²) in [5, 5.41) is 12.3. The predicted molar refractivity (Wildman–Crippen MR) is 69.6 cm³/mol. The molecule has 1 saturated heterocycles. The fraction of sp³-hybridized carbons (Fsp3) is 0.308. The Morgan fingerprint density at radius 2 is 2.24 bits per heavy atom. The van der Waals surface area contributed by atoms with Crippen molar-refractivity contribution in [1.29, 1.82) is 0 Å². The number of fused-ring (bicyclic) bond motifs is 1. The van der Waals surface area contributed by atoms with Gasteiger partial charge in [-0.15, -0.1) is 0 Å². The number of anilines is 1. The van der Waals surface area contributed by atoms with Crippen molar-refractivity contribution in [2.45, 2.75) is 12.5 Å². The van der Waals surface area contributed by atoms with E-state index in [1.165, 1.54) is 0 Å². The molecular weight excluding hydrogens is 236 g/mol. The van der Waals surface area contributed by atoms with Gasteiger partial charge in [-0.05, 0) is 18.6 Å². The van der Waals surface area contributed by atoms with Crippen LogP contribution in [0.2, 0.25) is 5.02 Å². The number of aliphatic hydroxyl groups is 1. The number of aromatic nitrogens is 1. The fourth-order valence-corrected chi connectivity index (χ4v) is 2.51. The highest BCUT2D eigenvalue weighted by Crippen LogP contribution is 2.28. The third-order valence-corrected chi connectivity index (χ3v) is 3.53. The van der Waals surface area contributed by atoms with Gasteiger partial charge in [0.2, 0.25) is 0 Å². The van der Waals surface area contributed by atoms with Crippen molar-refractivity contribution in [3.05, 3.63) is 35.6 Å². The Kier molecular flexibility index (Phi) is 2.65. The zero-order valence-electron chi connectivity index (χ0n) is 9.31. The summed E-state index contributed by atoms with van der Waals surface area (Å²) in [7, 11) is 0. The molecule has 3 rings (SSSR count). The van der Waals surface area contributed by atoms with E-state index < -0.39 is 0 Å². The number of rotatable bonds is 1. The van der Waals surface area contributed by atoms with E-state index in [1.807, 2.05) is 12.3 Å². The molecule has 1 fully saturated rings. The van der Waals surface area contributed by atoms with Crippen LogP contribution in [-0.2, 0) is 0 Å². The fourth-order valence-electron chi connectivity index (χ4n) is 2.29. The molecule has 1 aliphatic heterocycles. The van der Waals surface area contributed by atoms with Crippen LogP contribution in [0.3, 0.4) is 0 Å². The smallest absolute Gasteiger partial charge is 0.0731 e. The van der Waals surface area contributed by atoms with E-state index in [-0.39, 0.29) is 6.10 Å². The molecule has 0 spiro atoms. The first kappa shape index (κ1) is 10.8. The molecule has 0 aliphatic carbocycles. The number of halogens is 1. The molecule has 88 valence electrons. The maximum Gasteiger partial charge on any atom is 0.0731 e. The van der Waals surface area contributed by atoms with Gasteiger partial charge in [-0.25, -0.2) is 0 Å². The summed E-state index contributed by atoms with van der Waals surface area (Å²) in [6.45, 7) is 1.60. The molecule has 1 N–H and O–H groups in total. The lowest BCUT2D eigenvalue weighted by Gasteiger charge is -2.18. The van der Waals surface area contributed by atoms with E-state index in [0.29, 0.717) is 11.6 Å². The van der Waals surface area contributed by atoms with Gasteiger partial charge < -0.3 is 10.0 Å². The number of hydrogen-bond acceptors (Lipinski definition) is 3. The third kappa shape index (κ3) is 1.96. The highest BCUT2D eigenvalue weighted by molar-refractivity contribution is 6.35. The van der Waals surface area contributed by atoms with Gasteiger partial charge >= 0.3 is 0 Å². The largest absolute Gasteiger partial charge is 0.391 e. The molecule has 17 heavy (non-hydrogen) atoms. The molecule has 0 saturated carbocycles. The summed E-state index contributed by atoms with van der Waals surface area (Å²) in [5.41, 5.74) is 1.11. The van der Waals surface area contributed by atoms with Gasteiger partial charge in [0.25, 0.3) is 0 Å². The average Bonchev–Trinajstić information content (AvgIpc) is 2.76. The molecular formula is C13H13ClN2O. The van der Waals surface area contributed by atoms with E-state index in [0.717, 1.165) is 29.4 Å². The van der Waals surface area contributed by atoms with Crippen LogP contribution >= 0.6 is 11.6 Å². The zero-order chi connectivity index (χ0) is 11.8. The Bertz CT molecular complexity index is 558. The van der Waals surface area contributed by atoms with Crippen molar-refractivity contribution in [2.75, 3.05) is 18.0 Å². The molecule has 0 bridgehead atoms. The topological polar surface area (TPSA) is 36.4 Å². The summed E-state index contributed by atoms with van der Waals surface area (Å²) in [4.78, 5) is 6.25. The number of nitrogens with zero attached hydrogens (tertiary/aromatic N) is 2. The lowest BCUT2D eigenvalue weighted by atomic mass is 10.1. The summed E-state index contributed by atoms with van der Waals surface area (Å²) < 4.78 is 0. The van der Waals surface area contributed by atoms with Crippen LogP contribution in [0.25, 0.3) is 10.8 Å². The van der Waals surface area contributed by atoms with E-state index in [9.17, 15) is 5.11 Å². The molecule has 1 aromatic heterocycles. The van der Waals surface area contributed by atoms with Crippen molar-refractivity contribution in [2.24, 2.45) is 0 Å². The van der Waals surface area contributed by atoms with Crippen LogP contribution in [0.4, 0.5) is 5.69 Å². The zero-order valence-corrected chi connectivity index (χ0v) is 10.1. The second-order valence-corrected chi connectivity index (χ2v) is 4.82. The molecule has 0 radical (unpaired) electrons. The number of β-amino-alcohol motifs (C(OH)–C–C–N with tert-alkyl or cyclic N) is 1. The van der Waals surface area contributed by atoms with E-state index >= 15 is 0 Å². The summed E-state index contributed by atoms with van der Waals surface area (Å²) in [5.74, 6) is 0. The molecule has 0 amide bonds. The molecule has 3 nitrogen and oxygen atoms in total. The Labute approximate surface area is 105 Å². The second-order valence-electron chi connectivity index (χ2n) is 4.42. The lowest BCUT2D eigenvalue weighted by Crippen LogP contribution is -2.20. The molecule has 1 aliphatic rings. The van der Waals surface area contributed by atoms with Gasteiger partial charge in [-0.3, -0.25) is 4.98 Å². The minimum Gasteiger partial charge on any atom is -0.391 e. The van der Waals surface area contributed by atoms with Crippen LogP contribution in [0.1, 0.15) is 6.42 Å². The number of pyridine rings is 1. The molecule has 2 heterocycles. The van der Waals surface area contributed by atoms with Crippen LogP contribution < -0.4 is 4.90 Å². The molecule has 4 heteroatoms. The van der Waals surface area contributed by atoms with Crippen LogP contribution in [-0.4, -0.2) is 29.3 Å².